The lowest BCUT2D eigenvalue weighted by molar-refractivity contribution is -0.383. The maximum absolute atomic E-state index is 11.7. The van der Waals surface area contributed by atoms with E-state index in [4.69, 9.17) is 0 Å². The fourth-order valence-corrected chi connectivity index (χ4v) is 4.85. The number of benzene rings is 2. The third-order valence-electron chi connectivity index (χ3n) is 5.07. The Hall–Kier alpha value is -2.87. The van der Waals surface area contributed by atoms with Crippen molar-refractivity contribution in [3.8, 4) is 11.3 Å². The second-order valence-corrected chi connectivity index (χ2v) is 9.06. The first-order valence-corrected chi connectivity index (χ1v) is 10.5. The zero-order valence-electron chi connectivity index (χ0n) is 14.8. The van der Waals surface area contributed by atoms with Gasteiger partial charge in [-0.2, -0.15) is 0 Å². The summed E-state index contributed by atoms with van der Waals surface area (Å²) in [4.78, 5) is 13.3. The van der Waals surface area contributed by atoms with Gasteiger partial charge in [-0.3, -0.25) is 10.1 Å². The lowest BCUT2D eigenvalue weighted by Crippen LogP contribution is -2.40. The van der Waals surface area contributed by atoms with Crippen LogP contribution in [0.4, 0.5) is 11.4 Å². The summed E-state index contributed by atoms with van der Waals surface area (Å²) in [6.07, 6.45) is 0. The molecule has 0 N–H and O–H groups in total. The number of fused-ring (bicyclic) bond motifs is 1. The van der Waals surface area contributed by atoms with Gasteiger partial charge in [0, 0.05) is 43.0 Å². The van der Waals surface area contributed by atoms with Crippen molar-refractivity contribution in [1.82, 2.24) is 4.57 Å². The van der Waals surface area contributed by atoms with Crippen molar-refractivity contribution >= 4 is 32.1 Å². The standard InChI is InChI=1S/C19H19N3O4S/c1-20-17(14-5-3-2-4-6-14)12-15-11-16(13-18(19(15)20)22(23)24)21-7-9-27(25,26)10-8-21/h2-6,11-13H,7-10H2,1H3. The molecule has 1 aliphatic rings. The SMILES string of the molecule is Cn1c(-c2ccccc2)cc2cc(N3CCS(=O)(=O)CC3)cc([N+](=O)[O-])c21. The van der Waals surface area contributed by atoms with Crippen LogP contribution >= 0.6 is 0 Å². The predicted molar refractivity (Wildman–Crippen MR) is 106 cm³/mol. The number of aryl methyl sites for hydroxylation is 1. The maximum Gasteiger partial charge on any atom is 0.295 e. The number of rotatable bonds is 3. The second-order valence-electron chi connectivity index (χ2n) is 6.75. The van der Waals surface area contributed by atoms with E-state index < -0.39 is 9.84 Å². The molecule has 1 aliphatic heterocycles. The predicted octanol–water partition coefficient (Wildman–Crippen LogP) is 2.99. The number of anilines is 1. The summed E-state index contributed by atoms with van der Waals surface area (Å²) < 4.78 is 25.2. The van der Waals surface area contributed by atoms with Crippen LogP contribution in [-0.4, -0.2) is 42.5 Å². The van der Waals surface area contributed by atoms with Gasteiger partial charge in [-0.25, -0.2) is 8.42 Å². The van der Waals surface area contributed by atoms with Gasteiger partial charge >= 0.3 is 0 Å². The highest BCUT2D eigenvalue weighted by Crippen LogP contribution is 2.36. The number of non-ortho nitro benzene ring substituents is 1. The molecule has 7 nitrogen and oxygen atoms in total. The van der Waals surface area contributed by atoms with Crippen LogP contribution in [0.2, 0.25) is 0 Å². The summed E-state index contributed by atoms with van der Waals surface area (Å²) in [6, 6.07) is 15.1. The second kappa shape index (κ2) is 6.38. The molecule has 0 spiro atoms. The third kappa shape index (κ3) is 3.16. The number of sulfone groups is 1. The molecule has 27 heavy (non-hydrogen) atoms. The number of nitrogens with zero attached hydrogens (tertiary/aromatic N) is 3. The Balaban J connectivity index is 1.86. The van der Waals surface area contributed by atoms with Crippen LogP contribution in [0.5, 0.6) is 0 Å². The number of hydrogen-bond donors (Lipinski definition) is 0. The average molecular weight is 385 g/mol. The quantitative estimate of drug-likeness (QED) is 0.511. The van der Waals surface area contributed by atoms with Crippen LogP contribution in [0.25, 0.3) is 22.2 Å². The number of hydrogen-bond acceptors (Lipinski definition) is 5. The third-order valence-corrected chi connectivity index (χ3v) is 6.68. The summed E-state index contributed by atoms with van der Waals surface area (Å²) in [5.74, 6) is 0.145. The smallest absolute Gasteiger partial charge is 0.295 e. The molecule has 140 valence electrons. The minimum Gasteiger partial charge on any atom is -0.369 e. The van der Waals surface area contributed by atoms with E-state index in [0.717, 1.165) is 16.6 Å². The molecular weight excluding hydrogens is 366 g/mol. The summed E-state index contributed by atoms with van der Waals surface area (Å²) in [5, 5.41) is 12.5. The molecule has 2 aromatic carbocycles. The summed E-state index contributed by atoms with van der Waals surface area (Å²) in [6.45, 7) is 0.701. The van der Waals surface area contributed by atoms with E-state index in [1.165, 1.54) is 0 Å². The first kappa shape index (κ1) is 17.5. The van der Waals surface area contributed by atoms with Crippen molar-refractivity contribution in [3.05, 3.63) is 58.6 Å². The van der Waals surface area contributed by atoms with Crippen LogP contribution in [0, 0.1) is 10.1 Å². The van der Waals surface area contributed by atoms with Crippen LogP contribution in [0.3, 0.4) is 0 Å². The van der Waals surface area contributed by atoms with Gasteiger partial charge in [-0.05, 0) is 17.7 Å². The monoisotopic (exact) mass is 385 g/mol. The van der Waals surface area contributed by atoms with Gasteiger partial charge in [0.05, 0.1) is 16.4 Å². The molecule has 4 rings (SSSR count). The minimum absolute atomic E-state index is 0.0283. The van der Waals surface area contributed by atoms with E-state index in [2.05, 4.69) is 0 Å². The summed E-state index contributed by atoms with van der Waals surface area (Å²) >= 11 is 0. The summed E-state index contributed by atoms with van der Waals surface area (Å²) in [7, 11) is -1.19. The van der Waals surface area contributed by atoms with Crippen molar-refractivity contribution < 1.29 is 13.3 Å². The fraction of sp³-hybridized carbons (Fsp3) is 0.263. The molecular formula is C19H19N3O4S. The first-order valence-electron chi connectivity index (χ1n) is 8.64. The lowest BCUT2D eigenvalue weighted by Gasteiger charge is -2.28. The Labute approximate surface area is 156 Å². The number of aromatic nitrogens is 1. The Bertz CT molecular complexity index is 1120. The van der Waals surface area contributed by atoms with Gasteiger partial charge in [0.2, 0.25) is 0 Å². The highest BCUT2D eigenvalue weighted by Gasteiger charge is 2.25. The van der Waals surface area contributed by atoms with Crippen LogP contribution in [0.15, 0.2) is 48.5 Å². The van der Waals surface area contributed by atoms with Gasteiger partial charge < -0.3 is 9.47 Å². The Morgan fingerprint density at radius 2 is 1.70 bits per heavy atom. The molecule has 2 heterocycles. The molecule has 0 unspecified atom stereocenters. The molecule has 0 atom stereocenters. The van der Waals surface area contributed by atoms with Crippen molar-refractivity contribution in [2.75, 3.05) is 29.5 Å². The molecule has 0 bridgehead atoms. The van der Waals surface area contributed by atoms with Crippen molar-refractivity contribution in [2.45, 2.75) is 0 Å². The van der Waals surface area contributed by atoms with Crippen LogP contribution in [-0.2, 0) is 16.9 Å². The lowest BCUT2D eigenvalue weighted by atomic mass is 10.1. The van der Waals surface area contributed by atoms with E-state index in [9.17, 15) is 18.5 Å². The molecule has 3 aromatic rings. The summed E-state index contributed by atoms with van der Waals surface area (Å²) in [5.41, 5.74) is 3.16. The highest BCUT2D eigenvalue weighted by atomic mass is 32.2. The molecule has 0 saturated carbocycles. The van der Waals surface area contributed by atoms with Gasteiger partial charge in [0.1, 0.15) is 5.52 Å². The zero-order chi connectivity index (χ0) is 19.2. The van der Waals surface area contributed by atoms with Crippen molar-refractivity contribution in [2.24, 2.45) is 7.05 Å². The first-order chi connectivity index (χ1) is 12.9. The molecule has 1 aromatic heterocycles. The normalized spacial score (nSPS) is 16.6. The van der Waals surface area contributed by atoms with E-state index in [1.54, 1.807) is 6.07 Å². The average Bonchev–Trinajstić information content (AvgIpc) is 2.98. The van der Waals surface area contributed by atoms with Crippen LogP contribution < -0.4 is 4.90 Å². The topological polar surface area (TPSA) is 85.5 Å². The Kier molecular flexibility index (Phi) is 4.15. The highest BCUT2D eigenvalue weighted by molar-refractivity contribution is 7.91. The molecule has 0 amide bonds. The number of nitro groups is 1. The van der Waals surface area contributed by atoms with E-state index in [-0.39, 0.29) is 22.1 Å². The fourth-order valence-electron chi connectivity index (χ4n) is 3.64. The maximum atomic E-state index is 11.7. The molecule has 1 fully saturated rings. The zero-order valence-corrected chi connectivity index (χ0v) is 15.6. The van der Waals surface area contributed by atoms with E-state index in [1.807, 2.05) is 59.0 Å². The number of nitro benzene ring substituents is 1. The van der Waals surface area contributed by atoms with Crippen molar-refractivity contribution in [3.63, 3.8) is 0 Å². The molecule has 8 heteroatoms. The van der Waals surface area contributed by atoms with Crippen molar-refractivity contribution in [1.29, 1.82) is 0 Å². The van der Waals surface area contributed by atoms with E-state index >= 15 is 0 Å². The van der Waals surface area contributed by atoms with E-state index in [0.29, 0.717) is 24.3 Å². The largest absolute Gasteiger partial charge is 0.369 e. The van der Waals surface area contributed by atoms with Crippen LogP contribution in [0.1, 0.15) is 0 Å². The van der Waals surface area contributed by atoms with Gasteiger partial charge in [-0.15, -0.1) is 0 Å². The molecule has 1 saturated heterocycles. The minimum atomic E-state index is -3.01. The Morgan fingerprint density at radius 1 is 1.04 bits per heavy atom. The Morgan fingerprint density at radius 3 is 2.33 bits per heavy atom. The van der Waals surface area contributed by atoms with Gasteiger partial charge in [0.25, 0.3) is 5.69 Å². The molecule has 0 radical (unpaired) electrons. The van der Waals surface area contributed by atoms with Gasteiger partial charge in [0.15, 0.2) is 9.84 Å². The molecule has 0 aliphatic carbocycles. The van der Waals surface area contributed by atoms with Gasteiger partial charge in [-0.1, -0.05) is 30.3 Å².